The van der Waals surface area contributed by atoms with E-state index in [9.17, 15) is 0 Å². The van der Waals surface area contributed by atoms with Crippen LogP contribution in [0.2, 0.25) is 0 Å². The fraction of sp³-hybridized carbons (Fsp3) is 0.765. The Morgan fingerprint density at radius 2 is 2.06 bits per heavy atom. The highest BCUT2D eigenvalue weighted by molar-refractivity contribution is 5.15. The molecule has 102 valence electrons. The minimum atomic E-state index is 0.303. The number of rotatable bonds is 2. The number of hydrogen-bond acceptors (Lipinski definition) is 1. The minimum absolute atomic E-state index is 0.303. The molecule has 1 nitrogen and oxygen atoms in total. The van der Waals surface area contributed by atoms with Crippen molar-refractivity contribution in [1.29, 1.82) is 0 Å². The van der Waals surface area contributed by atoms with E-state index < -0.39 is 0 Å². The molecule has 0 spiro atoms. The zero-order valence-corrected chi connectivity index (χ0v) is 12.4. The summed E-state index contributed by atoms with van der Waals surface area (Å²) in [5, 5.41) is 0. The number of hydrogen-bond donors (Lipinski definition) is 1. The molecule has 5 atom stereocenters. The van der Waals surface area contributed by atoms with Crippen LogP contribution in [0.4, 0.5) is 0 Å². The van der Waals surface area contributed by atoms with Gasteiger partial charge in [-0.3, -0.25) is 0 Å². The zero-order chi connectivity index (χ0) is 13.3. The average Bonchev–Trinajstić information content (AvgIpc) is 2.30. The summed E-state index contributed by atoms with van der Waals surface area (Å²) in [5.41, 5.74) is 9.28. The van der Waals surface area contributed by atoms with Crippen molar-refractivity contribution in [2.75, 3.05) is 0 Å². The highest BCUT2D eigenvalue weighted by Crippen LogP contribution is 2.42. The van der Waals surface area contributed by atoms with Gasteiger partial charge in [0, 0.05) is 6.04 Å². The lowest BCUT2D eigenvalue weighted by Crippen LogP contribution is -2.36. The Kier molecular flexibility index (Phi) is 4.32. The highest BCUT2D eigenvalue weighted by Gasteiger charge is 2.34. The predicted molar refractivity (Wildman–Crippen MR) is 79.3 cm³/mol. The first kappa shape index (κ1) is 13.9. The van der Waals surface area contributed by atoms with Crippen LogP contribution in [0, 0.1) is 23.7 Å². The van der Waals surface area contributed by atoms with Crippen LogP contribution in [0.3, 0.4) is 0 Å². The molecule has 2 N–H and O–H groups in total. The van der Waals surface area contributed by atoms with E-state index in [2.05, 4.69) is 39.8 Å². The van der Waals surface area contributed by atoms with E-state index in [0.717, 1.165) is 17.8 Å². The van der Waals surface area contributed by atoms with Crippen molar-refractivity contribution >= 4 is 0 Å². The van der Waals surface area contributed by atoms with Crippen molar-refractivity contribution in [1.82, 2.24) is 0 Å². The van der Waals surface area contributed by atoms with Crippen LogP contribution in [0.5, 0.6) is 0 Å². The van der Waals surface area contributed by atoms with Crippen molar-refractivity contribution in [2.45, 2.75) is 59.4 Å². The van der Waals surface area contributed by atoms with E-state index in [1.165, 1.54) is 31.3 Å². The number of nitrogens with two attached hydrogens (primary N) is 1. The van der Waals surface area contributed by atoms with Gasteiger partial charge in [-0.1, -0.05) is 30.2 Å². The second kappa shape index (κ2) is 5.61. The molecule has 5 unspecified atom stereocenters. The molecule has 0 aliphatic heterocycles. The second-order valence-corrected chi connectivity index (χ2v) is 6.72. The molecule has 0 heterocycles. The largest absolute Gasteiger partial charge is 0.327 e. The topological polar surface area (TPSA) is 26.0 Å². The van der Waals surface area contributed by atoms with Gasteiger partial charge in [0.2, 0.25) is 0 Å². The van der Waals surface area contributed by atoms with Crippen LogP contribution in [0.15, 0.2) is 23.3 Å². The maximum absolute atomic E-state index is 6.16. The SMILES string of the molecule is CC1=CCC(C2CC(C(C)N)C(C)=CC2C)CC1. The van der Waals surface area contributed by atoms with Crippen molar-refractivity contribution in [3.8, 4) is 0 Å². The lowest BCUT2D eigenvalue weighted by atomic mass is 9.66. The fourth-order valence-corrected chi connectivity index (χ4v) is 3.98. The Morgan fingerprint density at radius 3 is 2.61 bits per heavy atom. The summed E-state index contributed by atoms with van der Waals surface area (Å²) < 4.78 is 0. The molecule has 0 fully saturated rings. The molecule has 0 saturated heterocycles. The Bertz CT molecular complexity index is 351. The first-order valence-corrected chi connectivity index (χ1v) is 7.58. The van der Waals surface area contributed by atoms with Crippen molar-refractivity contribution in [3.63, 3.8) is 0 Å². The minimum Gasteiger partial charge on any atom is -0.327 e. The molecule has 0 saturated carbocycles. The fourth-order valence-electron chi connectivity index (χ4n) is 3.98. The first-order chi connectivity index (χ1) is 8.49. The highest BCUT2D eigenvalue weighted by atomic mass is 14.6. The third kappa shape index (κ3) is 2.88. The van der Waals surface area contributed by atoms with Crippen LogP contribution in [-0.4, -0.2) is 6.04 Å². The maximum Gasteiger partial charge on any atom is 0.00760 e. The predicted octanol–water partition coefficient (Wildman–Crippen LogP) is 4.30. The quantitative estimate of drug-likeness (QED) is 0.723. The molecule has 0 aromatic rings. The average molecular weight is 247 g/mol. The molecule has 0 radical (unpaired) electrons. The van der Waals surface area contributed by atoms with Crippen LogP contribution >= 0.6 is 0 Å². The second-order valence-electron chi connectivity index (χ2n) is 6.72. The summed E-state index contributed by atoms with van der Waals surface area (Å²) in [5.74, 6) is 3.07. The van der Waals surface area contributed by atoms with Crippen molar-refractivity contribution < 1.29 is 0 Å². The Labute approximate surface area is 113 Å². The molecule has 0 aromatic heterocycles. The summed E-state index contributed by atoms with van der Waals surface area (Å²) >= 11 is 0. The maximum atomic E-state index is 6.16. The van der Waals surface area contributed by atoms with Gasteiger partial charge in [-0.2, -0.15) is 0 Å². The zero-order valence-electron chi connectivity index (χ0n) is 12.4. The van der Waals surface area contributed by atoms with E-state index in [0.29, 0.717) is 12.0 Å². The van der Waals surface area contributed by atoms with Crippen LogP contribution < -0.4 is 5.73 Å². The van der Waals surface area contributed by atoms with Crippen LogP contribution in [0.25, 0.3) is 0 Å². The Morgan fingerprint density at radius 1 is 1.33 bits per heavy atom. The molecule has 2 aliphatic rings. The monoisotopic (exact) mass is 247 g/mol. The summed E-state index contributed by atoms with van der Waals surface area (Å²) in [6.07, 6.45) is 10.2. The molecule has 18 heavy (non-hydrogen) atoms. The summed E-state index contributed by atoms with van der Waals surface area (Å²) in [6, 6.07) is 0.303. The van der Waals surface area contributed by atoms with Gasteiger partial charge in [-0.15, -0.1) is 0 Å². The molecule has 0 amide bonds. The van der Waals surface area contributed by atoms with E-state index in [1.807, 2.05) is 0 Å². The third-order valence-electron chi connectivity index (χ3n) is 5.23. The van der Waals surface area contributed by atoms with Crippen molar-refractivity contribution in [3.05, 3.63) is 23.3 Å². The molecular weight excluding hydrogens is 218 g/mol. The molecule has 2 aliphatic carbocycles. The van der Waals surface area contributed by atoms with Crippen LogP contribution in [0.1, 0.15) is 53.4 Å². The molecular formula is C17H29N. The van der Waals surface area contributed by atoms with Gasteiger partial charge in [-0.05, 0) is 70.1 Å². The molecule has 1 heteroatoms. The summed E-state index contributed by atoms with van der Waals surface area (Å²) in [7, 11) is 0. The summed E-state index contributed by atoms with van der Waals surface area (Å²) in [6.45, 7) is 9.11. The molecule has 2 rings (SSSR count). The van der Waals surface area contributed by atoms with Gasteiger partial charge < -0.3 is 5.73 Å². The van der Waals surface area contributed by atoms with E-state index in [1.54, 1.807) is 5.57 Å². The van der Waals surface area contributed by atoms with Crippen LogP contribution in [-0.2, 0) is 0 Å². The van der Waals surface area contributed by atoms with Gasteiger partial charge in [0.05, 0.1) is 0 Å². The van der Waals surface area contributed by atoms with Gasteiger partial charge in [0.15, 0.2) is 0 Å². The normalized spacial score (nSPS) is 38.9. The lowest BCUT2D eigenvalue weighted by Gasteiger charge is -2.40. The van der Waals surface area contributed by atoms with Gasteiger partial charge >= 0.3 is 0 Å². The molecule has 0 aromatic carbocycles. The lowest BCUT2D eigenvalue weighted by molar-refractivity contribution is 0.191. The van der Waals surface area contributed by atoms with Crippen molar-refractivity contribution in [2.24, 2.45) is 29.4 Å². The third-order valence-corrected chi connectivity index (χ3v) is 5.23. The summed E-state index contributed by atoms with van der Waals surface area (Å²) in [4.78, 5) is 0. The molecule has 0 bridgehead atoms. The van der Waals surface area contributed by atoms with Gasteiger partial charge in [0.25, 0.3) is 0 Å². The van der Waals surface area contributed by atoms with Gasteiger partial charge in [0.1, 0.15) is 0 Å². The van der Waals surface area contributed by atoms with Gasteiger partial charge in [-0.25, -0.2) is 0 Å². The Hall–Kier alpha value is -0.560. The smallest absolute Gasteiger partial charge is 0.00760 e. The number of allylic oxidation sites excluding steroid dienone is 3. The van der Waals surface area contributed by atoms with E-state index in [-0.39, 0.29) is 0 Å². The van der Waals surface area contributed by atoms with E-state index in [4.69, 9.17) is 5.73 Å². The Balaban J connectivity index is 2.10. The van der Waals surface area contributed by atoms with E-state index >= 15 is 0 Å². The first-order valence-electron chi connectivity index (χ1n) is 7.58. The standard InChI is InChI=1S/C17H29N/c1-11-5-7-15(8-6-11)17-10-16(14(4)18)12(2)9-13(17)3/h5,9,13-17H,6-8,10,18H2,1-4H3.